The van der Waals surface area contributed by atoms with Gasteiger partial charge in [-0.2, -0.15) is 0 Å². The van der Waals surface area contributed by atoms with Gasteiger partial charge in [-0.25, -0.2) is 0 Å². The first kappa shape index (κ1) is 12.3. The standard InChI is InChI=1S/C12H15NO3S/c1-14-11-3-2-8(4-10(11)12(13)17)5-16-9-6-15-7-9/h2-4,9H,5-7H2,1H3,(H2,13,17). The molecule has 2 N–H and O–H groups in total. The second-order valence-corrected chi connectivity index (χ2v) is 4.31. The molecular weight excluding hydrogens is 238 g/mol. The highest BCUT2D eigenvalue weighted by atomic mass is 32.1. The van der Waals surface area contributed by atoms with Crippen LogP contribution in [0.15, 0.2) is 18.2 Å². The number of hydrogen-bond donors (Lipinski definition) is 1. The van der Waals surface area contributed by atoms with E-state index in [0.717, 1.165) is 11.1 Å². The number of methoxy groups -OCH3 is 1. The average molecular weight is 253 g/mol. The van der Waals surface area contributed by atoms with Gasteiger partial charge in [0.15, 0.2) is 0 Å². The van der Waals surface area contributed by atoms with Gasteiger partial charge in [-0.15, -0.1) is 0 Å². The summed E-state index contributed by atoms with van der Waals surface area (Å²) in [4.78, 5) is 0.329. The fourth-order valence-electron chi connectivity index (χ4n) is 1.56. The minimum Gasteiger partial charge on any atom is -0.496 e. The van der Waals surface area contributed by atoms with E-state index in [1.165, 1.54) is 0 Å². The lowest BCUT2D eigenvalue weighted by Crippen LogP contribution is -2.35. The maximum absolute atomic E-state index is 5.64. The van der Waals surface area contributed by atoms with Crippen molar-refractivity contribution in [2.24, 2.45) is 5.73 Å². The summed E-state index contributed by atoms with van der Waals surface area (Å²) in [6.07, 6.45) is 0.213. The van der Waals surface area contributed by atoms with Gasteiger partial charge in [0.05, 0.1) is 32.5 Å². The Morgan fingerprint density at radius 2 is 2.29 bits per heavy atom. The van der Waals surface area contributed by atoms with Gasteiger partial charge in [0.25, 0.3) is 0 Å². The minimum atomic E-state index is 0.213. The van der Waals surface area contributed by atoms with Crippen molar-refractivity contribution in [2.75, 3.05) is 20.3 Å². The van der Waals surface area contributed by atoms with Gasteiger partial charge in [0.2, 0.25) is 0 Å². The number of thiocarbonyl (C=S) groups is 1. The van der Waals surface area contributed by atoms with E-state index >= 15 is 0 Å². The number of hydrogen-bond acceptors (Lipinski definition) is 4. The van der Waals surface area contributed by atoms with Crippen molar-refractivity contribution in [3.05, 3.63) is 29.3 Å². The third kappa shape index (κ3) is 2.94. The Morgan fingerprint density at radius 1 is 1.53 bits per heavy atom. The summed E-state index contributed by atoms with van der Waals surface area (Å²) >= 11 is 4.98. The molecule has 4 nitrogen and oxygen atoms in total. The third-order valence-electron chi connectivity index (χ3n) is 2.62. The number of ether oxygens (including phenoxy) is 3. The highest BCUT2D eigenvalue weighted by Crippen LogP contribution is 2.21. The van der Waals surface area contributed by atoms with Crippen LogP contribution in [0.1, 0.15) is 11.1 Å². The number of benzene rings is 1. The Kier molecular flexibility index (Phi) is 3.93. The Hall–Kier alpha value is -1.17. The summed E-state index contributed by atoms with van der Waals surface area (Å²) in [5.41, 5.74) is 7.42. The summed E-state index contributed by atoms with van der Waals surface area (Å²) in [7, 11) is 1.60. The Labute approximate surface area is 106 Å². The van der Waals surface area contributed by atoms with Crippen LogP contribution in [0.5, 0.6) is 5.75 Å². The highest BCUT2D eigenvalue weighted by Gasteiger charge is 2.18. The Morgan fingerprint density at radius 3 is 2.82 bits per heavy atom. The van der Waals surface area contributed by atoms with Gasteiger partial charge in [-0.05, 0) is 17.7 Å². The smallest absolute Gasteiger partial charge is 0.129 e. The van der Waals surface area contributed by atoms with Crippen molar-refractivity contribution < 1.29 is 14.2 Å². The molecule has 0 atom stereocenters. The quantitative estimate of drug-likeness (QED) is 0.800. The molecular formula is C12H15NO3S. The zero-order valence-corrected chi connectivity index (χ0v) is 10.5. The molecule has 0 spiro atoms. The molecule has 1 saturated heterocycles. The van der Waals surface area contributed by atoms with Crippen LogP contribution < -0.4 is 10.5 Å². The Bertz CT molecular complexity index is 418. The molecule has 0 bridgehead atoms. The summed E-state index contributed by atoms with van der Waals surface area (Å²) in [5.74, 6) is 0.688. The van der Waals surface area contributed by atoms with Gasteiger partial charge in [-0.1, -0.05) is 18.3 Å². The van der Waals surface area contributed by atoms with E-state index in [1.807, 2.05) is 18.2 Å². The van der Waals surface area contributed by atoms with Crippen LogP contribution >= 0.6 is 12.2 Å². The van der Waals surface area contributed by atoms with Crippen LogP contribution in [0.2, 0.25) is 0 Å². The van der Waals surface area contributed by atoms with E-state index in [1.54, 1.807) is 7.11 Å². The van der Waals surface area contributed by atoms with E-state index in [2.05, 4.69) is 0 Å². The van der Waals surface area contributed by atoms with Crippen LogP contribution in [0.4, 0.5) is 0 Å². The lowest BCUT2D eigenvalue weighted by molar-refractivity contribution is -0.135. The zero-order chi connectivity index (χ0) is 12.3. The van der Waals surface area contributed by atoms with E-state index in [0.29, 0.717) is 30.6 Å². The van der Waals surface area contributed by atoms with Crippen molar-refractivity contribution in [1.29, 1.82) is 0 Å². The molecule has 1 heterocycles. The van der Waals surface area contributed by atoms with E-state index in [4.69, 9.17) is 32.2 Å². The monoisotopic (exact) mass is 253 g/mol. The molecule has 5 heteroatoms. The molecule has 1 aromatic rings. The molecule has 0 amide bonds. The van der Waals surface area contributed by atoms with E-state index in [-0.39, 0.29) is 6.10 Å². The van der Waals surface area contributed by atoms with E-state index < -0.39 is 0 Å². The zero-order valence-electron chi connectivity index (χ0n) is 9.64. The molecule has 0 aromatic heterocycles. The summed E-state index contributed by atoms with van der Waals surface area (Å²) < 4.78 is 15.8. The molecule has 1 aliphatic rings. The summed E-state index contributed by atoms with van der Waals surface area (Å²) in [5, 5.41) is 0. The predicted octanol–water partition coefficient (Wildman–Crippen LogP) is 1.24. The largest absolute Gasteiger partial charge is 0.496 e. The maximum atomic E-state index is 5.64. The molecule has 0 radical (unpaired) electrons. The van der Waals surface area contributed by atoms with Crippen LogP contribution in [-0.4, -0.2) is 31.4 Å². The van der Waals surface area contributed by atoms with Crippen LogP contribution in [-0.2, 0) is 16.1 Å². The molecule has 0 saturated carbocycles. The lowest BCUT2D eigenvalue weighted by Gasteiger charge is -2.26. The van der Waals surface area contributed by atoms with Gasteiger partial charge in [0.1, 0.15) is 16.8 Å². The van der Waals surface area contributed by atoms with Crippen molar-refractivity contribution >= 4 is 17.2 Å². The predicted molar refractivity (Wildman–Crippen MR) is 68.3 cm³/mol. The molecule has 1 aliphatic heterocycles. The maximum Gasteiger partial charge on any atom is 0.129 e. The SMILES string of the molecule is COc1ccc(COC2COC2)cc1C(N)=S. The van der Waals surface area contributed by atoms with Gasteiger partial charge in [0, 0.05) is 0 Å². The van der Waals surface area contributed by atoms with Crippen LogP contribution in [0.25, 0.3) is 0 Å². The van der Waals surface area contributed by atoms with Crippen molar-refractivity contribution in [1.82, 2.24) is 0 Å². The van der Waals surface area contributed by atoms with Crippen molar-refractivity contribution in [3.63, 3.8) is 0 Å². The molecule has 17 heavy (non-hydrogen) atoms. The topological polar surface area (TPSA) is 53.7 Å². The average Bonchev–Trinajstić information content (AvgIpc) is 2.26. The number of rotatable bonds is 5. The van der Waals surface area contributed by atoms with Crippen LogP contribution in [0, 0.1) is 0 Å². The fourth-order valence-corrected chi connectivity index (χ4v) is 1.72. The summed E-state index contributed by atoms with van der Waals surface area (Å²) in [6.45, 7) is 1.89. The lowest BCUT2D eigenvalue weighted by atomic mass is 10.1. The first-order valence-electron chi connectivity index (χ1n) is 5.36. The third-order valence-corrected chi connectivity index (χ3v) is 2.84. The van der Waals surface area contributed by atoms with Crippen LogP contribution in [0.3, 0.4) is 0 Å². The fraction of sp³-hybridized carbons (Fsp3) is 0.417. The first-order chi connectivity index (χ1) is 8.20. The van der Waals surface area contributed by atoms with Crippen molar-refractivity contribution in [2.45, 2.75) is 12.7 Å². The molecule has 0 aliphatic carbocycles. The van der Waals surface area contributed by atoms with E-state index in [9.17, 15) is 0 Å². The molecule has 1 fully saturated rings. The highest BCUT2D eigenvalue weighted by molar-refractivity contribution is 7.80. The normalized spacial score (nSPS) is 15.4. The second-order valence-electron chi connectivity index (χ2n) is 3.87. The molecule has 2 rings (SSSR count). The molecule has 1 aromatic carbocycles. The minimum absolute atomic E-state index is 0.213. The second kappa shape index (κ2) is 5.44. The molecule has 92 valence electrons. The Balaban J connectivity index is 2.06. The first-order valence-corrected chi connectivity index (χ1v) is 5.77. The van der Waals surface area contributed by atoms with Gasteiger partial charge in [-0.3, -0.25) is 0 Å². The van der Waals surface area contributed by atoms with Gasteiger partial charge >= 0.3 is 0 Å². The van der Waals surface area contributed by atoms with Crippen molar-refractivity contribution in [3.8, 4) is 5.75 Å². The van der Waals surface area contributed by atoms with Gasteiger partial charge < -0.3 is 19.9 Å². The number of nitrogens with two attached hydrogens (primary N) is 1. The molecule has 0 unspecified atom stereocenters. The summed E-state index contributed by atoms with van der Waals surface area (Å²) in [6, 6.07) is 5.70.